The second kappa shape index (κ2) is 16.3. The monoisotopic (exact) mass is 731 g/mol. The topological polar surface area (TPSA) is 166 Å². The van der Waals surface area contributed by atoms with E-state index >= 15 is 13.2 Å². The van der Waals surface area contributed by atoms with E-state index in [1.165, 1.54) is 29.2 Å². The van der Waals surface area contributed by atoms with Crippen LogP contribution in [-0.4, -0.2) is 73.1 Å². The van der Waals surface area contributed by atoms with E-state index in [9.17, 15) is 32.9 Å². The zero-order valence-corrected chi connectivity index (χ0v) is 29.8. The molecule has 1 heterocycles. The minimum absolute atomic E-state index is 0.0411. The molecule has 51 heavy (non-hydrogen) atoms. The number of amides is 4. The van der Waals surface area contributed by atoms with Gasteiger partial charge in [-0.15, -0.1) is 0 Å². The van der Waals surface area contributed by atoms with Gasteiger partial charge in [-0.3, -0.25) is 19.2 Å². The molecule has 2 aromatic rings. The molecule has 3 atom stereocenters. The molecule has 0 radical (unpaired) electrons. The van der Waals surface area contributed by atoms with Crippen LogP contribution in [0.4, 0.5) is 18.9 Å². The molecule has 4 amide bonds. The summed E-state index contributed by atoms with van der Waals surface area (Å²) in [6, 6.07) is 8.96. The Kier molecular flexibility index (Phi) is 12.5. The van der Waals surface area contributed by atoms with Crippen LogP contribution in [0.25, 0.3) is 0 Å². The molecule has 1 saturated carbocycles. The van der Waals surface area contributed by atoms with Crippen molar-refractivity contribution in [2.45, 2.75) is 89.1 Å². The lowest BCUT2D eigenvalue weighted by molar-refractivity contribution is -0.152. The average Bonchev–Trinajstić information content (AvgIpc) is 3.13. The molecule has 4 rings (SSSR count). The summed E-state index contributed by atoms with van der Waals surface area (Å²) >= 11 is 0. The van der Waals surface area contributed by atoms with Crippen LogP contribution in [0.5, 0.6) is 0 Å². The largest absolute Gasteiger partial charge is 0.349 e. The number of carbonyl (C=O) groups is 4. The van der Waals surface area contributed by atoms with Crippen molar-refractivity contribution in [3.05, 3.63) is 65.0 Å². The predicted molar refractivity (Wildman–Crippen MR) is 184 cm³/mol. The number of nitrogens with one attached hydrogen (secondary N) is 3. The van der Waals surface area contributed by atoms with Gasteiger partial charge in [-0.1, -0.05) is 58.2 Å². The Morgan fingerprint density at radius 2 is 1.67 bits per heavy atom. The van der Waals surface area contributed by atoms with Gasteiger partial charge in [0.05, 0.1) is 28.8 Å². The van der Waals surface area contributed by atoms with Crippen LogP contribution in [0.1, 0.15) is 88.3 Å². The van der Waals surface area contributed by atoms with Crippen LogP contribution >= 0.6 is 0 Å². The Labute approximate surface area is 296 Å². The molecule has 2 fully saturated rings. The van der Waals surface area contributed by atoms with Crippen LogP contribution in [0.2, 0.25) is 0 Å². The molecular weight excluding hydrogens is 687 g/mol. The maximum absolute atomic E-state index is 15.8. The molecule has 276 valence electrons. The molecule has 2 aromatic carbocycles. The molecule has 0 unspecified atom stereocenters. The maximum Gasteiger partial charge on any atom is 0.349 e. The third-order valence-corrected chi connectivity index (χ3v) is 11.7. The van der Waals surface area contributed by atoms with E-state index in [-0.39, 0.29) is 48.7 Å². The Morgan fingerprint density at radius 3 is 2.25 bits per heavy atom. The van der Waals surface area contributed by atoms with Gasteiger partial charge in [-0.25, -0.2) is 12.8 Å². The van der Waals surface area contributed by atoms with Gasteiger partial charge < -0.3 is 20.9 Å². The van der Waals surface area contributed by atoms with Crippen molar-refractivity contribution < 1.29 is 40.8 Å². The fraction of sp³-hybridized carbons (Fsp3) is 0.528. The quantitative estimate of drug-likeness (QED) is 0.289. The summed E-state index contributed by atoms with van der Waals surface area (Å²) < 4.78 is 70.7. The highest BCUT2D eigenvalue weighted by atomic mass is 32.2. The van der Waals surface area contributed by atoms with E-state index in [2.05, 4.69) is 16.0 Å². The molecule has 0 bridgehead atoms. The maximum atomic E-state index is 15.8. The molecule has 0 spiro atoms. The van der Waals surface area contributed by atoms with Gasteiger partial charge in [-0.2, -0.15) is 14.0 Å². The minimum atomic E-state index is -4.09. The Morgan fingerprint density at radius 1 is 1.00 bits per heavy atom. The molecule has 1 saturated heterocycles. The normalized spacial score (nSPS) is 18.7. The number of hydrogen-bond donors (Lipinski definition) is 3. The van der Waals surface area contributed by atoms with Gasteiger partial charge in [-0.05, 0) is 55.0 Å². The lowest BCUT2D eigenvalue weighted by atomic mass is 9.72. The van der Waals surface area contributed by atoms with E-state index in [0.717, 1.165) is 24.6 Å². The summed E-state index contributed by atoms with van der Waals surface area (Å²) in [6.07, 6.45) is 3.22. The first-order valence-electron chi connectivity index (χ1n) is 17.2. The van der Waals surface area contributed by atoms with Crippen LogP contribution in [0.3, 0.4) is 0 Å². The molecule has 1 aliphatic heterocycles. The third-order valence-electron chi connectivity index (χ3n) is 10.1. The van der Waals surface area contributed by atoms with Crippen LogP contribution in [0.15, 0.2) is 42.5 Å². The molecule has 11 nitrogen and oxygen atoms in total. The van der Waals surface area contributed by atoms with E-state index in [1.807, 2.05) is 0 Å². The van der Waals surface area contributed by atoms with Crippen molar-refractivity contribution in [2.24, 2.45) is 5.92 Å². The summed E-state index contributed by atoms with van der Waals surface area (Å²) in [5.74, 6) is -10.2. The number of sulfone groups is 1. The number of halogens is 3. The highest BCUT2D eigenvalue weighted by molar-refractivity contribution is 7.91. The standard InChI is InChI=1S/C36H44F3N5O6S/c1-4-30(45)42-31(32(46)44-16-18-51(49,50)19-17-44)23(3)25-14-15-29(28(37)21-25)41-33(47)35(5-2,26-11-7-6-8-12-26)43-34(48)36(38,39)27-13-9-10-24(20-27)22-40/h9-10,13-15,20-21,23,26,31H,4-8,11-12,16-19H2,1-3H3,(H,41,47)(H,42,45)(H,43,48)/t23-,31+,35+/m0/s1. The number of hydrogen-bond acceptors (Lipinski definition) is 7. The van der Waals surface area contributed by atoms with Crippen molar-refractivity contribution in [3.63, 3.8) is 0 Å². The number of alkyl halides is 2. The highest BCUT2D eigenvalue weighted by Crippen LogP contribution is 2.38. The molecule has 2 aliphatic rings. The van der Waals surface area contributed by atoms with Gasteiger partial charge in [0.1, 0.15) is 17.4 Å². The summed E-state index contributed by atoms with van der Waals surface area (Å²) in [7, 11) is -3.28. The van der Waals surface area contributed by atoms with E-state index in [0.29, 0.717) is 31.2 Å². The number of nitriles is 1. The third kappa shape index (κ3) is 8.90. The lowest BCUT2D eigenvalue weighted by Gasteiger charge is -2.42. The molecule has 1 aliphatic carbocycles. The van der Waals surface area contributed by atoms with Crippen molar-refractivity contribution in [2.75, 3.05) is 29.9 Å². The molecule has 15 heteroatoms. The van der Waals surface area contributed by atoms with Crippen molar-refractivity contribution >= 4 is 39.2 Å². The first-order chi connectivity index (χ1) is 24.1. The van der Waals surface area contributed by atoms with Gasteiger partial charge >= 0.3 is 5.92 Å². The SMILES string of the molecule is CCC(=O)N[C@@H](C(=O)N1CCS(=O)(=O)CC1)[C@@H](C)c1ccc(NC(=O)[C@](CC)(NC(=O)C(F)(F)c2cccc(C#N)c2)C2CCCCC2)c(F)c1. The van der Waals surface area contributed by atoms with Crippen LogP contribution in [0, 0.1) is 23.1 Å². The molecule has 3 N–H and O–H groups in total. The lowest BCUT2D eigenvalue weighted by Crippen LogP contribution is -2.63. The van der Waals surface area contributed by atoms with Gasteiger partial charge in [0.25, 0.3) is 5.91 Å². The Balaban J connectivity index is 1.60. The first kappa shape index (κ1) is 39.3. The van der Waals surface area contributed by atoms with E-state index in [1.54, 1.807) is 26.8 Å². The number of benzene rings is 2. The second-order valence-electron chi connectivity index (χ2n) is 13.2. The van der Waals surface area contributed by atoms with Crippen LogP contribution < -0.4 is 16.0 Å². The summed E-state index contributed by atoms with van der Waals surface area (Å²) in [4.78, 5) is 54.7. The van der Waals surface area contributed by atoms with Gasteiger partial charge in [0.2, 0.25) is 17.7 Å². The molecular formula is C36H44F3N5O6S. The van der Waals surface area contributed by atoms with Crippen molar-refractivity contribution in [1.29, 1.82) is 5.26 Å². The van der Waals surface area contributed by atoms with Gasteiger partial charge in [0.15, 0.2) is 9.84 Å². The smallest absolute Gasteiger partial charge is 0.344 e. The fourth-order valence-corrected chi connectivity index (χ4v) is 8.02. The molecule has 0 aromatic heterocycles. The fourth-order valence-electron chi connectivity index (χ4n) is 6.82. The average molecular weight is 732 g/mol. The number of carbonyl (C=O) groups excluding carboxylic acids is 4. The van der Waals surface area contributed by atoms with Crippen molar-refractivity contribution in [1.82, 2.24) is 15.5 Å². The zero-order valence-electron chi connectivity index (χ0n) is 28.9. The summed E-state index contributed by atoms with van der Waals surface area (Å²) in [5, 5.41) is 16.7. The highest BCUT2D eigenvalue weighted by Gasteiger charge is 2.51. The summed E-state index contributed by atoms with van der Waals surface area (Å²) in [5.41, 5.74) is -2.58. The van der Waals surface area contributed by atoms with Crippen LogP contribution in [-0.2, 0) is 34.9 Å². The predicted octanol–water partition coefficient (Wildman–Crippen LogP) is 4.53. The number of rotatable bonds is 12. The van der Waals surface area contributed by atoms with E-state index < -0.39 is 74.2 Å². The summed E-state index contributed by atoms with van der Waals surface area (Å²) in [6.45, 7) is 4.72. The van der Waals surface area contributed by atoms with Crippen molar-refractivity contribution in [3.8, 4) is 6.07 Å². The first-order valence-corrected chi connectivity index (χ1v) is 19.0. The zero-order chi connectivity index (χ0) is 37.6. The van der Waals surface area contributed by atoms with Gasteiger partial charge in [0, 0.05) is 31.0 Å². The number of anilines is 1. The Hall–Kier alpha value is -4.45. The van der Waals surface area contributed by atoms with E-state index in [4.69, 9.17) is 0 Å². The number of nitrogens with zero attached hydrogens (tertiary/aromatic N) is 2. The minimum Gasteiger partial charge on any atom is -0.344 e. The second-order valence-corrected chi connectivity index (χ2v) is 15.5. The Bertz CT molecular complexity index is 1780.